The van der Waals surface area contributed by atoms with Crippen molar-refractivity contribution in [3.05, 3.63) is 18.2 Å². The van der Waals surface area contributed by atoms with Crippen LogP contribution in [0.5, 0.6) is 11.5 Å². The lowest BCUT2D eigenvalue weighted by atomic mass is 9.84. The fourth-order valence-electron chi connectivity index (χ4n) is 3.45. The van der Waals surface area contributed by atoms with Gasteiger partial charge in [-0.3, -0.25) is 0 Å². The van der Waals surface area contributed by atoms with Gasteiger partial charge in [-0.15, -0.1) is 0 Å². The second kappa shape index (κ2) is 7.72. The minimum Gasteiger partial charge on any atom is -0.490 e. The Balaban J connectivity index is 1.77. The monoisotopic (exact) mass is 354 g/mol. The molecule has 0 spiro atoms. The summed E-state index contributed by atoms with van der Waals surface area (Å²) < 4.78 is 39.5. The molecule has 7 heteroatoms. The number of fused-ring (bicyclic) bond motifs is 1. The van der Waals surface area contributed by atoms with Crippen LogP contribution in [0.15, 0.2) is 23.1 Å². The molecule has 1 unspecified atom stereocenters. The summed E-state index contributed by atoms with van der Waals surface area (Å²) in [5.41, 5.74) is 5.85. The van der Waals surface area contributed by atoms with E-state index in [0.29, 0.717) is 37.2 Å². The van der Waals surface area contributed by atoms with Crippen LogP contribution in [-0.2, 0) is 10.0 Å². The van der Waals surface area contributed by atoms with E-state index in [0.717, 1.165) is 32.1 Å². The number of nitrogens with two attached hydrogens (primary N) is 1. The molecule has 0 saturated heterocycles. The molecule has 1 aliphatic carbocycles. The first-order valence-electron chi connectivity index (χ1n) is 8.72. The van der Waals surface area contributed by atoms with E-state index in [-0.39, 0.29) is 10.9 Å². The van der Waals surface area contributed by atoms with Crippen LogP contribution in [0.3, 0.4) is 0 Å². The van der Waals surface area contributed by atoms with Crippen molar-refractivity contribution in [1.29, 1.82) is 0 Å². The summed E-state index contributed by atoms with van der Waals surface area (Å²) in [5.74, 6) is 1.39. The molecular weight excluding hydrogens is 328 g/mol. The minimum absolute atomic E-state index is 0.195. The Bertz CT molecular complexity index is 657. The predicted molar refractivity (Wildman–Crippen MR) is 91.8 cm³/mol. The Kier molecular flexibility index (Phi) is 5.63. The molecule has 0 radical (unpaired) electrons. The molecule has 1 aliphatic heterocycles. The van der Waals surface area contributed by atoms with Crippen molar-refractivity contribution in [1.82, 2.24) is 4.72 Å². The third-order valence-electron chi connectivity index (χ3n) is 4.81. The van der Waals surface area contributed by atoms with Gasteiger partial charge in [-0.2, -0.15) is 0 Å². The van der Waals surface area contributed by atoms with Gasteiger partial charge in [0.15, 0.2) is 11.5 Å². The molecule has 1 atom stereocenters. The molecule has 0 bridgehead atoms. The molecule has 3 N–H and O–H groups in total. The summed E-state index contributed by atoms with van der Waals surface area (Å²) in [6.07, 6.45) is 6.37. The lowest BCUT2D eigenvalue weighted by Crippen LogP contribution is -2.45. The zero-order chi connectivity index (χ0) is 17.0. The highest BCUT2D eigenvalue weighted by Crippen LogP contribution is 2.32. The van der Waals surface area contributed by atoms with Gasteiger partial charge in [-0.25, -0.2) is 13.1 Å². The standard InChI is InChI=1S/C17H26N2O4S/c18-12-15(13-5-2-1-3-6-13)19-24(20,21)14-7-8-16-17(11-14)23-10-4-9-22-16/h7-8,11,13,15,19H,1-6,9-10,12,18H2. The quantitative estimate of drug-likeness (QED) is 0.844. The zero-order valence-electron chi connectivity index (χ0n) is 13.9. The maximum absolute atomic E-state index is 12.8. The van der Waals surface area contributed by atoms with Crippen molar-refractivity contribution >= 4 is 10.0 Å². The minimum atomic E-state index is -3.63. The second-order valence-electron chi connectivity index (χ2n) is 6.52. The Morgan fingerprint density at radius 3 is 2.50 bits per heavy atom. The first-order chi connectivity index (χ1) is 11.6. The van der Waals surface area contributed by atoms with Crippen molar-refractivity contribution < 1.29 is 17.9 Å². The van der Waals surface area contributed by atoms with E-state index in [9.17, 15) is 8.42 Å². The third-order valence-corrected chi connectivity index (χ3v) is 6.30. The molecule has 1 fully saturated rings. The van der Waals surface area contributed by atoms with Crippen LogP contribution in [-0.4, -0.2) is 34.2 Å². The van der Waals surface area contributed by atoms with Crippen LogP contribution in [0.1, 0.15) is 38.5 Å². The fourth-order valence-corrected chi connectivity index (χ4v) is 4.78. The summed E-state index contributed by atoms with van der Waals surface area (Å²) in [4.78, 5) is 0.195. The van der Waals surface area contributed by atoms with Gasteiger partial charge in [0.05, 0.1) is 18.1 Å². The topological polar surface area (TPSA) is 90.7 Å². The SMILES string of the molecule is NCC(NS(=O)(=O)c1ccc2c(c1)OCCCO2)C1CCCCC1. The van der Waals surface area contributed by atoms with Crippen LogP contribution < -0.4 is 19.9 Å². The average molecular weight is 354 g/mol. The van der Waals surface area contributed by atoms with E-state index in [1.165, 1.54) is 12.5 Å². The van der Waals surface area contributed by atoms with Crippen LogP contribution in [0.2, 0.25) is 0 Å². The Labute approximate surface area is 143 Å². The number of rotatable bonds is 5. The van der Waals surface area contributed by atoms with Gasteiger partial charge in [0.25, 0.3) is 0 Å². The van der Waals surface area contributed by atoms with E-state index in [1.807, 2.05) is 0 Å². The van der Waals surface area contributed by atoms with Gasteiger partial charge in [0, 0.05) is 25.1 Å². The molecule has 0 amide bonds. The normalized spacial score (nSPS) is 20.4. The van der Waals surface area contributed by atoms with Crippen LogP contribution in [0.4, 0.5) is 0 Å². The number of hydrogen-bond acceptors (Lipinski definition) is 5. The van der Waals surface area contributed by atoms with Crippen LogP contribution in [0.25, 0.3) is 0 Å². The summed E-state index contributed by atoms with van der Waals surface area (Å²) in [6.45, 7) is 1.42. The number of ether oxygens (including phenoxy) is 2. The highest BCUT2D eigenvalue weighted by Gasteiger charge is 2.28. The van der Waals surface area contributed by atoms with E-state index >= 15 is 0 Å². The van der Waals surface area contributed by atoms with Crippen molar-refractivity contribution in [2.45, 2.75) is 49.5 Å². The zero-order valence-corrected chi connectivity index (χ0v) is 14.7. The first kappa shape index (κ1) is 17.5. The lowest BCUT2D eigenvalue weighted by Gasteiger charge is -2.29. The Morgan fingerprint density at radius 2 is 1.79 bits per heavy atom. The molecule has 1 heterocycles. The maximum Gasteiger partial charge on any atom is 0.241 e. The Hall–Kier alpha value is -1.31. The number of benzene rings is 1. The molecule has 0 aromatic heterocycles. The van der Waals surface area contributed by atoms with Crippen molar-refractivity contribution in [3.63, 3.8) is 0 Å². The molecule has 1 saturated carbocycles. The molecule has 1 aromatic carbocycles. The highest BCUT2D eigenvalue weighted by atomic mass is 32.2. The fraction of sp³-hybridized carbons (Fsp3) is 0.647. The van der Waals surface area contributed by atoms with Gasteiger partial charge < -0.3 is 15.2 Å². The van der Waals surface area contributed by atoms with Gasteiger partial charge in [-0.1, -0.05) is 19.3 Å². The first-order valence-corrected chi connectivity index (χ1v) is 10.2. The smallest absolute Gasteiger partial charge is 0.241 e. The maximum atomic E-state index is 12.8. The number of sulfonamides is 1. The molecule has 24 heavy (non-hydrogen) atoms. The molecule has 1 aromatic rings. The molecule has 134 valence electrons. The van der Waals surface area contributed by atoms with Crippen LogP contribution >= 0.6 is 0 Å². The number of hydrogen-bond donors (Lipinski definition) is 2. The molecule has 2 aliphatic rings. The van der Waals surface area contributed by atoms with Crippen molar-refractivity contribution in [2.75, 3.05) is 19.8 Å². The molecule has 3 rings (SSSR count). The van der Waals surface area contributed by atoms with Gasteiger partial charge >= 0.3 is 0 Å². The molecule has 6 nitrogen and oxygen atoms in total. The Morgan fingerprint density at radius 1 is 1.08 bits per heavy atom. The van der Waals surface area contributed by atoms with Crippen LogP contribution in [0, 0.1) is 5.92 Å². The largest absolute Gasteiger partial charge is 0.490 e. The summed E-state index contributed by atoms with van der Waals surface area (Å²) in [7, 11) is -3.63. The van der Waals surface area contributed by atoms with E-state index in [2.05, 4.69) is 4.72 Å². The summed E-state index contributed by atoms with van der Waals surface area (Å²) in [6, 6.07) is 4.54. The number of nitrogens with one attached hydrogen (secondary N) is 1. The van der Waals surface area contributed by atoms with E-state index in [1.54, 1.807) is 12.1 Å². The highest BCUT2D eigenvalue weighted by molar-refractivity contribution is 7.89. The van der Waals surface area contributed by atoms with Gasteiger partial charge in [0.2, 0.25) is 10.0 Å². The van der Waals surface area contributed by atoms with Crippen molar-refractivity contribution in [3.8, 4) is 11.5 Å². The van der Waals surface area contributed by atoms with Gasteiger partial charge in [0.1, 0.15) is 0 Å². The van der Waals surface area contributed by atoms with Gasteiger partial charge in [-0.05, 0) is 30.9 Å². The predicted octanol–water partition coefficient (Wildman–Crippen LogP) is 2.03. The van der Waals surface area contributed by atoms with E-state index in [4.69, 9.17) is 15.2 Å². The average Bonchev–Trinajstić information content (AvgIpc) is 2.85. The molecular formula is C17H26N2O4S. The lowest BCUT2D eigenvalue weighted by molar-refractivity contribution is 0.294. The van der Waals surface area contributed by atoms with Crippen molar-refractivity contribution in [2.24, 2.45) is 11.7 Å². The third kappa shape index (κ3) is 4.02. The summed E-state index contributed by atoms with van der Waals surface area (Å²) >= 11 is 0. The second-order valence-corrected chi connectivity index (χ2v) is 8.23. The van der Waals surface area contributed by atoms with E-state index < -0.39 is 10.0 Å². The summed E-state index contributed by atoms with van der Waals surface area (Å²) in [5, 5.41) is 0.